The van der Waals surface area contributed by atoms with Gasteiger partial charge < -0.3 is 4.42 Å². The molecule has 1 fully saturated rings. The third kappa shape index (κ3) is 2.28. The number of aryl methyl sites for hydroxylation is 1. The van der Waals surface area contributed by atoms with Crippen LogP contribution in [0.15, 0.2) is 51.9 Å². The van der Waals surface area contributed by atoms with Crippen LogP contribution in [0.25, 0.3) is 11.6 Å². The Bertz CT molecular complexity index is 854. The van der Waals surface area contributed by atoms with E-state index in [-0.39, 0.29) is 11.7 Å². The number of hydrogen-bond donors (Lipinski definition) is 0. The van der Waals surface area contributed by atoms with E-state index in [0.29, 0.717) is 18.1 Å². The number of hydrogen-bond acceptors (Lipinski definition) is 3. The number of aromatic nitrogens is 3. The molecule has 1 aromatic carbocycles. The molecule has 0 radical (unpaired) electrons. The van der Waals surface area contributed by atoms with Crippen molar-refractivity contribution in [3.63, 3.8) is 0 Å². The Balaban J connectivity index is 1.77. The van der Waals surface area contributed by atoms with Crippen molar-refractivity contribution in [1.29, 1.82) is 0 Å². The van der Waals surface area contributed by atoms with Crippen LogP contribution in [-0.4, -0.2) is 14.3 Å². The van der Waals surface area contributed by atoms with Gasteiger partial charge in [0.05, 0.1) is 12.8 Å². The van der Waals surface area contributed by atoms with Gasteiger partial charge in [0.25, 0.3) is 0 Å². The predicted molar refractivity (Wildman–Crippen MR) is 82.7 cm³/mol. The second kappa shape index (κ2) is 5.02. The second-order valence-electron chi connectivity index (χ2n) is 5.83. The first-order valence-corrected chi connectivity index (χ1v) is 7.51. The van der Waals surface area contributed by atoms with E-state index in [1.54, 1.807) is 10.8 Å². The summed E-state index contributed by atoms with van der Waals surface area (Å²) in [6.45, 7) is 2.53. The number of nitrogens with zero attached hydrogens (tertiary/aromatic N) is 3. The maximum absolute atomic E-state index is 12.7. The van der Waals surface area contributed by atoms with Crippen molar-refractivity contribution < 1.29 is 4.42 Å². The Hall–Kier alpha value is -2.56. The van der Waals surface area contributed by atoms with Crippen LogP contribution in [0, 0.1) is 6.92 Å². The quantitative estimate of drug-likeness (QED) is 0.743. The number of rotatable bonds is 4. The van der Waals surface area contributed by atoms with E-state index < -0.39 is 0 Å². The van der Waals surface area contributed by atoms with Gasteiger partial charge in [-0.05, 0) is 37.5 Å². The molecule has 5 nitrogen and oxygen atoms in total. The molecule has 4 rings (SSSR count). The molecule has 0 unspecified atom stereocenters. The highest BCUT2D eigenvalue weighted by molar-refractivity contribution is 5.46. The third-order valence-corrected chi connectivity index (χ3v) is 3.94. The number of furan rings is 1. The minimum atomic E-state index is -0.0598. The summed E-state index contributed by atoms with van der Waals surface area (Å²) >= 11 is 0. The molecule has 0 bridgehead atoms. The molecule has 2 heterocycles. The first-order chi connectivity index (χ1) is 10.7. The Kier molecular flexibility index (Phi) is 2.99. The van der Waals surface area contributed by atoms with Crippen molar-refractivity contribution >= 4 is 0 Å². The van der Waals surface area contributed by atoms with Crippen LogP contribution in [0.2, 0.25) is 0 Å². The summed E-state index contributed by atoms with van der Waals surface area (Å²) in [4.78, 5) is 12.7. The van der Waals surface area contributed by atoms with Crippen molar-refractivity contribution in [3.05, 3.63) is 64.3 Å². The van der Waals surface area contributed by atoms with Gasteiger partial charge in [-0.1, -0.05) is 29.8 Å². The van der Waals surface area contributed by atoms with Crippen LogP contribution >= 0.6 is 0 Å². The summed E-state index contributed by atoms with van der Waals surface area (Å²) in [7, 11) is 0. The van der Waals surface area contributed by atoms with Crippen LogP contribution in [0.1, 0.15) is 30.0 Å². The fraction of sp³-hybridized carbons (Fsp3) is 0.294. The maximum Gasteiger partial charge on any atom is 0.346 e. The van der Waals surface area contributed by atoms with E-state index >= 15 is 0 Å². The summed E-state index contributed by atoms with van der Waals surface area (Å²) in [5, 5.41) is 4.51. The van der Waals surface area contributed by atoms with Gasteiger partial charge in [-0.3, -0.25) is 4.57 Å². The average molecular weight is 295 g/mol. The molecule has 0 atom stereocenters. The lowest BCUT2D eigenvalue weighted by molar-refractivity contribution is 0.568. The van der Waals surface area contributed by atoms with E-state index in [1.165, 1.54) is 10.2 Å². The molecular weight excluding hydrogens is 278 g/mol. The maximum atomic E-state index is 12.7. The minimum Gasteiger partial charge on any atom is -0.461 e. The molecule has 1 aliphatic rings. The molecule has 2 aromatic heterocycles. The van der Waals surface area contributed by atoms with E-state index in [4.69, 9.17) is 4.42 Å². The topological polar surface area (TPSA) is 53.0 Å². The second-order valence-corrected chi connectivity index (χ2v) is 5.83. The molecule has 112 valence electrons. The van der Waals surface area contributed by atoms with Gasteiger partial charge in [-0.25, -0.2) is 9.48 Å². The highest BCUT2D eigenvalue weighted by Crippen LogP contribution is 2.36. The van der Waals surface area contributed by atoms with E-state index in [0.717, 1.165) is 18.4 Å². The van der Waals surface area contributed by atoms with Gasteiger partial charge >= 0.3 is 5.69 Å². The summed E-state index contributed by atoms with van der Waals surface area (Å²) in [5.41, 5.74) is 2.20. The van der Waals surface area contributed by atoms with Crippen LogP contribution in [0.3, 0.4) is 0 Å². The average Bonchev–Trinajstić information content (AvgIpc) is 3.08. The first-order valence-electron chi connectivity index (χ1n) is 7.51. The van der Waals surface area contributed by atoms with Gasteiger partial charge in [-0.15, -0.1) is 5.10 Å². The predicted octanol–water partition coefficient (Wildman–Crippen LogP) is 3.00. The SMILES string of the molecule is Cc1cccc(Cn2nc(-c3ccco3)n(C3CC3)c2=O)c1. The third-order valence-electron chi connectivity index (χ3n) is 3.94. The summed E-state index contributed by atoms with van der Waals surface area (Å²) in [6, 6.07) is 12.1. The smallest absolute Gasteiger partial charge is 0.346 e. The minimum absolute atomic E-state index is 0.0598. The molecule has 0 amide bonds. The normalized spacial score (nSPS) is 14.4. The lowest BCUT2D eigenvalue weighted by Crippen LogP contribution is -2.25. The lowest BCUT2D eigenvalue weighted by atomic mass is 10.1. The molecule has 5 heteroatoms. The Morgan fingerprint density at radius 3 is 2.82 bits per heavy atom. The lowest BCUT2D eigenvalue weighted by Gasteiger charge is -2.01. The monoisotopic (exact) mass is 295 g/mol. The van der Waals surface area contributed by atoms with Crippen molar-refractivity contribution in [3.8, 4) is 11.6 Å². The van der Waals surface area contributed by atoms with Crippen molar-refractivity contribution in [1.82, 2.24) is 14.3 Å². The molecule has 0 N–H and O–H groups in total. The van der Waals surface area contributed by atoms with Crippen LogP contribution < -0.4 is 5.69 Å². The molecule has 3 aromatic rings. The zero-order valence-corrected chi connectivity index (χ0v) is 12.4. The molecule has 0 saturated heterocycles. The zero-order chi connectivity index (χ0) is 15.1. The van der Waals surface area contributed by atoms with Gasteiger partial charge in [0.2, 0.25) is 5.82 Å². The fourth-order valence-electron chi connectivity index (χ4n) is 2.74. The van der Waals surface area contributed by atoms with Gasteiger partial charge in [0.15, 0.2) is 5.76 Å². The first kappa shape index (κ1) is 13.1. The van der Waals surface area contributed by atoms with Crippen LogP contribution in [0.4, 0.5) is 0 Å². The van der Waals surface area contributed by atoms with Crippen molar-refractivity contribution in [2.24, 2.45) is 0 Å². The van der Waals surface area contributed by atoms with Gasteiger partial charge in [0.1, 0.15) is 0 Å². The van der Waals surface area contributed by atoms with Gasteiger partial charge in [-0.2, -0.15) is 0 Å². The molecule has 1 aliphatic carbocycles. The summed E-state index contributed by atoms with van der Waals surface area (Å²) in [5.74, 6) is 1.28. The Morgan fingerprint density at radius 1 is 1.27 bits per heavy atom. The van der Waals surface area contributed by atoms with E-state index in [1.807, 2.05) is 37.3 Å². The van der Waals surface area contributed by atoms with Crippen molar-refractivity contribution in [2.45, 2.75) is 32.4 Å². The van der Waals surface area contributed by atoms with Crippen LogP contribution in [0.5, 0.6) is 0 Å². The number of benzene rings is 1. The Morgan fingerprint density at radius 2 is 2.14 bits per heavy atom. The standard InChI is InChI=1S/C17H17N3O2/c1-12-4-2-5-13(10-12)11-19-17(21)20(14-7-8-14)16(18-19)15-6-3-9-22-15/h2-6,9-10,14H,7-8,11H2,1H3. The molecule has 0 spiro atoms. The van der Waals surface area contributed by atoms with Crippen LogP contribution in [-0.2, 0) is 6.54 Å². The molecule has 22 heavy (non-hydrogen) atoms. The van der Waals surface area contributed by atoms with E-state index in [9.17, 15) is 4.79 Å². The van der Waals surface area contributed by atoms with Crippen molar-refractivity contribution in [2.75, 3.05) is 0 Å². The Labute approximate surface area is 127 Å². The highest BCUT2D eigenvalue weighted by Gasteiger charge is 2.31. The summed E-state index contributed by atoms with van der Waals surface area (Å²) in [6.07, 6.45) is 3.67. The molecule has 0 aliphatic heterocycles. The van der Waals surface area contributed by atoms with Gasteiger partial charge in [0, 0.05) is 6.04 Å². The largest absolute Gasteiger partial charge is 0.461 e. The van der Waals surface area contributed by atoms with E-state index in [2.05, 4.69) is 11.2 Å². The zero-order valence-electron chi connectivity index (χ0n) is 12.4. The molecular formula is C17H17N3O2. The molecule has 1 saturated carbocycles. The summed E-state index contributed by atoms with van der Waals surface area (Å²) < 4.78 is 8.75. The fourth-order valence-corrected chi connectivity index (χ4v) is 2.74. The highest BCUT2D eigenvalue weighted by atomic mass is 16.3.